The van der Waals surface area contributed by atoms with Gasteiger partial charge in [-0.15, -0.1) is 0 Å². The van der Waals surface area contributed by atoms with Crippen LogP contribution >= 0.6 is 0 Å². The lowest BCUT2D eigenvalue weighted by molar-refractivity contribution is -0.153. The Morgan fingerprint density at radius 1 is 1.41 bits per heavy atom. The van der Waals surface area contributed by atoms with Gasteiger partial charge in [0, 0.05) is 0 Å². The van der Waals surface area contributed by atoms with Crippen LogP contribution in [0.25, 0.3) is 0 Å². The Morgan fingerprint density at radius 2 is 2.12 bits per heavy atom. The molecule has 0 radical (unpaired) electrons. The molecule has 1 heterocycles. The fourth-order valence-electron chi connectivity index (χ4n) is 1.99. The summed E-state index contributed by atoms with van der Waals surface area (Å²) in [7, 11) is 0. The van der Waals surface area contributed by atoms with Crippen LogP contribution in [0.4, 0.5) is 0 Å². The average Bonchev–Trinajstić information content (AvgIpc) is 2.64. The van der Waals surface area contributed by atoms with Crippen LogP contribution in [0.2, 0.25) is 0 Å². The van der Waals surface area contributed by atoms with Crippen molar-refractivity contribution in [2.24, 2.45) is 0 Å². The Bertz CT molecular complexity index is 278. The van der Waals surface area contributed by atoms with E-state index >= 15 is 0 Å². The number of likely N-dealkylation sites (tertiary alicyclic amines) is 1. The Balaban J connectivity index is 2.46. The molecule has 1 unspecified atom stereocenters. The van der Waals surface area contributed by atoms with Gasteiger partial charge in [-0.1, -0.05) is 0 Å². The zero-order valence-corrected chi connectivity index (χ0v) is 10.8. The number of nitrogens with zero attached hydrogens (tertiary/aromatic N) is 1. The predicted molar refractivity (Wildman–Crippen MR) is 62.5 cm³/mol. The molecular weight excluding hydrogens is 222 g/mol. The van der Waals surface area contributed by atoms with E-state index in [-0.39, 0.29) is 30.6 Å². The van der Waals surface area contributed by atoms with E-state index in [1.807, 2.05) is 18.7 Å². The minimum absolute atomic E-state index is 0.119. The van der Waals surface area contributed by atoms with Crippen LogP contribution in [-0.4, -0.2) is 48.7 Å². The lowest BCUT2D eigenvalue weighted by Gasteiger charge is -2.22. The molecule has 0 aromatic heterocycles. The van der Waals surface area contributed by atoms with E-state index in [4.69, 9.17) is 9.47 Å². The molecule has 1 aliphatic heterocycles. The van der Waals surface area contributed by atoms with Crippen molar-refractivity contribution in [3.8, 4) is 0 Å². The van der Waals surface area contributed by atoms with E-state index in [9.17, 15) is 9.59 Å². The second-order valence-corrected chi connectivity index (χ2v) is 4.42. The largest absolute Gasteiger partial charge is 0.465 e. The molecular formula is C12H21NO4. The first-order chi connectivity index (χ1) is 8.04. The topological polar surface area (TPSA) is 55.8 Å². The van der Waals surface area contributed by atoms with Crippen LogP contribution in [0, 0.1) is 0 Å². The van der Waals surface area contributed by atoms with Crippen LogP contribution in [0.3, 0.4) is 0 Å². The van der Waals surface area contributed by atoms with Crippen molar-refractivity contribution in [2.45, 2.75) is 45.8 Å². The highest BCUT2D eigenvalue weighted by Gasteiger charge is 2.33. The third-order valence-electron chi connectivity index (χ3n) is 2.62. The Morgan fingerprint density at radius 3 is 2.71 bits per heavy atom. The van der Waals surface area contributed by atoms with E-state index < -0.39 is 0 Å². The summed E-state index contributed by atoms with van der Waals surface area (Å²) in [4.78, 5) is 25.0. The fraction of sp³-hybridized carbons (Fsp3) is 0.833. The molecule has 0 saturated carbocycles. The molecule has 0 aromatic rings. The third-order valence-corrected chi connectivity index (χ3v) is 2.62. The molecule has 0 N–H and O–H groups in total. The lowest BCUT2D eigenvalue weighted by atomic mass is 10.2. The summed E-state index contributed by atoms with van der Waals surface area (Å²) in [6, 6.07) is -0.283. The van der Waals surface area contributed by atoms with Crippen molar-refractivity contribution in [1.82, 2.24) is 4.90 Å². The average molecular weight is 243 g/mol. The van der Waals surface area contributed by atoms with Gasteiger partial charge < -0.3 is 9.47 Å². The first-order valence-electron chi connectivity index (χ1n) is 6.14. The molecule has 98 valence electrons. The molecule has 1 rings (SSSR count). The number of ether oxygens (including phenoxy) is 2. The van der Waals surface area contributed by atoms with Crippen LogP contribution in [0.15, 0.2) is 0 Å². The predicted octanol–water partition coefficient (Wildman–Crippen LogP) is 0.965. The van der Waals surface area contributed by atoms with E-state index in [0.717, 1.165) is 19.4 Å². The molecule has 0 spiro atoms. The van der Waals surface area contributed by atoms with E-state index in [1.54, 1.807) is 6.92 Å². The molecule has 0 aliphatic carbocycles. The van der Waals surface area contributed by atoms with Gasteiger partial charge >= 0.3 is 11.9 Å². The van der Waals surface area contributed by atoms with E-state index in [2.05, 4.69) is 0 Å². The van der Waals surface area contributed by atoms with Crippen molar-refractivity contribution in [1.29, 1.82) is 0 Å². The van der Waals surface area contributed by atoms with Gasteiger partial charge in [-0.2, -0.15) is 0 Å². The van der Waals surface area contributed by atoms with Gasteiger partial charge in [-0.05, 0) is 40.2 Å². The second kappa shape index (κ2) is 6.59. The lowest BCUT2D eigenvalue weighted by Crippen LogP contribution is -2.41. The Kier molecular flexibility index (Phi) is 5.41. The molecule has 1 aliphatic rings. The van der Waals surface area contributed by atoms with Gasteiger partial charge in [0.1, 0.15) is 6.04 Å². The van der Waals surface area contributed by atoms with Gasteiger partial charge in [0.2, 0.25) is 0 Å². The summed E-state index contributed by atoms with van der Waals surface area (Å²) in [6.45, 7) is 6.69. The van der Waals surface area contributed by atoms with Gasteiger partial charge in [-0.3, -0.25) is 14.5 Å². The van der Waals surface area contributed by atoms with E-state index in [0.29, 0.717) is 6.61 Å². The smallest absolute Gasteiger partial charge is 0.323 e. The van der Waals surface area contributed by atoms with Crippen LogP contribution in [-0.2, 0) is 19.1 Å². The highest BCUT2D eigenvalue weighted by atomic mass is 16.5. The summed E-state index contributed by atoms with van der Waals surface area (Å²) in [6.07, 6.45) is 1.55. The number of hydrogen-bond acceptors (Lipinski definition) is 5. The first kappa shape index (κ1) is 14.0. The molecule has 5 nitrogen and oxygen atoms in total. The standard InChI is InChI=1S/C12H21NO4/c1-4-16-12(15)10-6-5-7-13(10)8-11(14)17-9(2)3/h9-10H,4-8H2,1-3H3. The summed E-state index contributed by atoms with van der Waals surface area (Å²) in [5.41, 5.74) is 0. The number of esters is 2. The molecule has 0 aromatic carbocycles. The quantitative estimate of drug-likeness (QED) is 0.673. The van der Waals surface area contributed by atoms with Crippen molar-refractivity contribution < 1.29 is 19.1 Å². The highest BCUT2D eigenvalue weighted by molar-refractivity contribution is 5.78. The monoisotopic (exact) mass is 243 g/mol. The van der Waals surface area contributed by atoms with Gasteiger partial charge in [-0.25, -0.2) is 0 Å². The molecule has 17 heavy (non-hydrogen) atoms. The summed E-state index contributed by atoms with van der Waals surface area (Å²) < 4.78 is 10.1. The van der Waals surface area contributed by atoms with E-state index in [1.165, 1.54) is 0 Å². The summed E-state index contributed by atoms with van der Waals surface area (Å²) in [5.74, 6) is -0.515. The van der Waals surface area contributed by atoms with Crippen molar-refractivity contribution in [2.75, 3.05) is 19.7 Å². The maximum atomic E-state index is 11.6. The number of hydrogen-bond donors (Lipinski definition) is 0. The van der Waals surface area contributed by atoms with Crippen LogP contribution in [0.1, 0.15) is 33.6 Å². The van der Waals surface area contributed by atoms with Crippen molar-refractivity contribution in [3.63, 3.8) is 0 Å². The molecule has 1 saturated heterocycles. The van der Waals surface area contributed by atoms with Crippen LogP contribution < -0.4 is 0 Å². The SMILES string of the molecule is CCOC(=O)C1CCCN1CC(=O)OC(C)C. The third kappa shape index (κ3) is 4.34. The molecule has 1 fully saturated rings. The number of carbonyl (C=O) groups excluding carboxylic acids is 2. The zero-order valence-electron chi connectivity index (χ0n) is 10.8. The highest BCUT2D eigenvalue weighted by Crippen LogP contribution is 2.18. The normalized spacial score (nSPS) is 20.6. The van der Waals surface area contributed by atoms with Gasteiger partial charge in [0.05, 0.1) is 19.3 Å². The second-order valence-electron chi connectivity index (χ2n) is 4.42. The first-order valence-corrected chi connectivity index (χ1v) is 6.14. The van der Waals surface area contributed by atoms with Crippen molar-refractivity contribution >= 4 is 11.9 Å². The molecule has 1 atom stereocenters. The molecule has 0 bridgehead atoms. The number of carbonyl (C=O) groups is 2. The maximum absolute atomic E-state index is 11.6. The van der Waals surface area contributed by atoms with Gasteiger partial charge in [0.15, 0.2) is 0 Å². The summed E-state index contributed by atoms with van der Waals surface area (Å²) >= 11 is 0. The minimum Gasteiger partial charge on any atom is -0.465 e. The minimum atomic E-state index is -0.283. The van der Waals surface area contributed by atoms with Crippen molar-refractivity contribution in [3.05, 3.63) is 0 Å². The fourth-order valence-corrected chi connectivity index (χ4v) is 1.99. The molecule has 0 amide bonds. The van der Waals surface area contributed by atoms with Gasteiger partial charge in [0.25, 0.3) is 0 Å². The Hall–Kier alpha value is -1.10. The Labute approximate surface area is 102 Å². The zero-order chi connectivity index (χ0) is 12.8. The molecule has 5 heteroatoms. The van der Waals surface area contributed by atoms with Crippen LogP contribution in [0.5, 0.6) is 0 Å². The number of rotatable bonds is 5. The summed E-state index contributed by atoms with van der Waals surface area (Å²) in [5, 5.41) is 0. The maximum Gasteiger partial charge on any atom is 0.323 e.